The molecule has 1 aromatic rings. The first-order valence-corrected chi connectivity index (χ1v) is 6.86. The number of halogens is 2. The lowest BCUT2D eigenvalue weighted by atomic mass is 9.82. The molecular formula is C14H23BrClNO3. The lowest BCUT2D eigenvalue weighted by Gasteiger charge is -2.31. The molecule has 0 fully saturated rings. The van der Waals surface area contributed by atoms with Crippen LogP contribution in [0.1, 0.15) is 32.4 Å². The van der Waals surface area contributed by atoms with Crippen molar-refractivity contribution < 1.29 is 14.6 Å². The molecule has 1 rings (SSSR count). The summed E-state index contributed by atoms with van der Waals surface area (Å²) in [6.07, 6.45) is -0.664. The predicted molar refractivity (Wildman–Crippen MR) is 86.9 cm³/mol. The second-order valence-electron chi connectivity index (χ2n) is 5.58. The van der Waals surface area contributed by atoms with Gasteiger partial charge in [0.1, 0.15) is 16.0 Å². The Labute approximate surface area is 135 Å². The molecule has 0 spiro atoms. The van der Waals surface area contributed by atoms with E-state index in [2.05, 4.69) is 15.9 Å². The summed E-state index contributed by atoms with van der Waals surface area (Å²) in [5, 5.41) is 10.3. The van der Waals surface area contributed by atoms with E-state index < -0.39 is 12.1 Å². The zero-order chi connectivity index (χ0) is 14.8. The van der Waals surface area contributed by atoms with E-state index in [4.69, 9.17) is 15.2 Å². The molecule has 20 heavy (non-hydrogen) atoms. The van der Waals surface area contributed by atoms with Crippen LogP contribution in [0.3, 0.4) is 0 Å². The van der Waals surface area contributed by atoms with E-state index in [0.717, 1.165) is 10.0 Å². The number of ether oxygens (including phenoxy) is 2. The summed E-state index contributed by atoms with van der Waals surface area (Å²) in [4.78, 5) is 0. The zero-order valence-electron chi connectivity index (χ0n) is 12.4. The summed E-state index contributed by atoms with van der Waals surface area (Å²) in [6, 6.07) is 3.12. The van der Waals surface area contributed by atoms with Crippen molar-refractivity contribution in [3.63, 3.8) is 0 Å². The fourth-order valence-electron chi connectivity index (χ4n) is 1.80. The van der Waals surface area contributed by atoms with E-state index in [-0.39, 0.29) is 17.8 Å². The Morgan fingerprint density at radius 1 is 1.15 bits per heavy atom. The van der Waals surface area contributed by atoms with Crippen LogP contribution < -0.4 is 15.2 Å². The van der Waals surface area contributed by atoms with Gasteiger partial charge in [-0.25, -0.2) is 0 Å². The fourth-order valence-corrected chi connectivity index (χ4v) is 2.36. The molecule has 0 saturated heterocycles. The quantitative estimate of drug-likeness (QED) is 0.856. The molecule has 0 radical (unpaired) electrons. The maximum Gasteiger partial charge on any atom is 0.137 e. The highest BCUT2D eigenvalue weighted by molar-refractivity contribution is 9.10. The molecule has 0 unspecified atom stereocenters. The van der Waals surface area contributed by atoms with Gasteiger partial charge in [-0.15, -0.1) is 12.4 Å². The topological polar surface area (TPSA) is 64.7 Å². The lowest BCUT2D eigenvalue weighted by Crippen LogP contribution is -2.37. The monoisotopic (exact) mass is 367 g/mol. The van der Waals surface area contributed by atoms with Crippen LogP contribution in [0.15, 0.2) is 16.6 Å². The first-order valence-electron chi connectivity index (χ1n) is 6.07. The van der Waals surface area contributed by atoms with Crippen LogP contribution in [0.2, 0.25) is 0 Å². The van der Waals surface area contributed by atoms with E-state index in [0.29, 0.717) is 11.5 Å². The minimum absolute atomic E-state index is 0. The number of methoxy groups -OCH3 is 2. The molecule has 0 aliphatic carbocycles. The van der Waals surface area contributed by atoms with Crippen LogP contribution in [0.4, 0.5) is 0 Å². The Balaban J connectivity index is 0.00000361. The van der Waals surface area contributed by atoms with E-state index >= 15 is 0 Å². The first kappa shape index (κ1) is 19.5. The number of aliphatic hydroxyl groups is 1. The molecule has 0 aliphatic heterocycles. The van der Waals surface area contributed by atoms with Gasteiger partial charge in [-0.05, 0) is 39.0 Å². The minimum atomic E-state index is -0.664. The Hall–Kier alpha value is -0.490. The molecule has 0 aliphatic rings. The van der Waals surface area contributed by atoms with Crippen molar-refractivity contribution in [1.29, 1.82) is 0 Å². The van der Waals surface area contributed by atoms with Gasteiger partial charge in [0.2, 0.25) is 0 Å². The third-order valence-corrected chi connectivity index (χ3v) is 3.86. The Morgan fingerprint density at radius 2 is 1.55 bits per heavy atom. The number of hydrogen-bond acceptors (Lipinski definition) is 4. The molecule has 0 aromatic heterocycles. The van der Waals surface area contributed by atoms with Gasteiger partial charge in [-0.1, -0.05) is 20.8 Å². The van der Waals surface area contributed by atoms with Crippen LogP contribution in [0.25, 0.3) is 0 Å². The van der Waals surface area contributed by atoms with Gasteiger partial charge in [0.15, 0.2) is 0 Å². The standard InChI is InChI=1S/C14H22BrNO3.ClH/c1-14(2,3)13(17)12(16)8-6-9(18-4)11(15)10(7-8)19-5;/h6-7,12-13,17H,16H2,1-5H3;1H/t12-,13-;/m1./s1. The molecule has 1 aromatic carbocycles. The highest BCUT2D eigenvalue weighted by atomic mass is 79.9. The summed E-state index contributed by atoms with van der Waals surface area (Å²) >= 11 is 3.41. The Morgan fingerprint density at radius 3 is 1.85 bits per heavy atom. The van der Waals surface area contributed by atoms with Crippen LogP contribution in [0, 0.1) is 5.41 Å². The highest BCUT2D eigenvalue weighted by Crippen LogP contribution is 2.38. The summed E-state index contributed by atoms with van der Waals surface area (Å²) in [6.45, 7) is 5.85. The first-order chi connectivity index (χ1) is 8.72. The van der Waals surface area contributed by atoms with Gasteiger partial charge in [-0.3, -0.25) is 0 Å². The third kappa shape index (κ3) is 4.25. The molecule has 6 heteroatoms. The largest absolute Gasteiger partial charge is 0.495 e. The lowest BCUT2D eigenvalue weighted by molar-refractivity contribution is 0.0400. The smallest absolute Gasteiger partial charge is 0.137 e. The molecule has 0 heterocycles. The summed E-state index contributed by atoms with van der Waals surface area (Å²) in [5.41, 5.74) is 6.62. The van der Waals surface area contributed by atoms with Gasteiger partial charge >= 0.3 is 0 Å². The number of benzene rings is 1. The molecule has 2 atom stereocenters. The summed E-state index contributed by atoms with van der Waals surface area (Å²) in [7, 11) is 3.16. The molecule has 4 nitrogen and oxygen atoms in total. The highest BCUT2D eigenvalue weighted by Gasteiger charge is 2.30. The van der Waals surface area contributed by atoms with Crippen LogP contribution in [-0.2, 0) is 0 Å². The van der Waals surface area contributed by atoms with E-state index in [1.807, 2.05) is 32.9 Å². The average molecular weight is 369 g/mol. The van der Waals surface area contributed by atoms with Crippen LogP contribution in [-0.4, -0.2) is 25.4 Å². The van der Waals surface area contributed by atoms with Crippen molar-refractivity contribution in [2.75, 3.05) is 14.2 Å². The van der Waals surface area contributed by atoms with E-state index in [9.17, 15) is 5.11 Å². The van der Waals surface area contributed by atoms with Gasteiger partial charge < -0.3 is 20.3 Å². The number of aliphatic hydroxyl groups excluding tert-OH is 1. The van der Waals surface area contributed by atoms with Gasteiger partial charge in [-0.2, -0.15) is 0 Å². The maximum absolute atomic E-state index is 10.3. The summed E-state index contributed by atoms with van der Waals surface area (Å²) in [5.74, 6) is 1.26. The molecule has 0 saturated carbocycles. The molecule has 0 bridgehead atoms. The molecule has 3 N–H and O–H groups in total. The number of rotatable bonds is 4. The Bertz CT molecular complexity index is 424. The van der Waals surface area contributed by atoms with Crippen molar-refractivity contribution in [1.82, 2.24) is 0 Å². The van der Waals surface area contributed by atoms with Gasteiger partial charge in [0.05, 0.1) is 26.4 Å². The second-order valence-corrected chi connectivity index (χ2v) is 6.37. The minimum Gasteiger partial charge on any atom is -0.495 e. The zero-order valence-corrected chi connectivity index (χ0v) is 14.8. The summed E-state index contributed by atoms with van der Waals surface area (Å²) < 4.78 is 11.3. The van der Waals surface area contributed by atoms with Crippen molar-refractivity contribution in [3.05, 3.63) is 22.2 Å². The van der Waals surface area contributed by atoms with Crippen molar-refractivity contribution >= 4 is 28.3 Å². The molecule has 116 valence electrons. The predicted octanol–water partition coefficient (Wildman–Crippen LogP) is 3.29. The maximum atomic E-state index is 10.3. The average Bonchev–Trinajstić information content (AvgIpc) is 2.36. The van der Waals surface area contributed by atoms with Crippen LogP contribution in [0.5, 0.6) is 11.5 Å². The van der Waals surface area contributed by atoms with Gasteiger partial charge in [0, 0.05) is 0 Å². The Kier molecular flexibility index (Phi) is 7.32. The van der Waals surface area contributed by atoms with Crippen molar-refractivity contribution in [3.8, 4) is 11.5 Å². The van der Waals surface area contributed by atoms with Gasteiger partial charge in [0.25, 0.3) is 0 Å². The van der Waals surface area contributed by atoms with Crippen molar-refractivity contribution in [2.45, 2.75) is 32.9 Å². The second kappa shape index (κ2) is 7.50. The number of nitrogens with two attached hydrogens (primary N) is 1. The van der Waals surface area contributed by atoms with Crippen molar-refractivity contribution in [2.24, 2.45) is 11.1 Å². The fraction of sp³-hybridized carbons (Fsp3) is 0.571. The SMILES string of the molecule is COc1cc([C@@H](N)[C@@H](O)C(C)(C)C)cc(OC)c1Br.Cl. The molecular weight excluding hydrogens is 346 g/mol. The van der Waals surface area contributed by atoms with E-state index in [1.165, 1.54) is 0 Å². The van der Waals surface area contributed by atoms with Crippen LogP contribution >= 0.6 is 28.3 Å². The molecule has 0 amide bonds. The normalized spacial score (nSPS) is 14.2. The third-order valence-electron chi connectivity index (χ3n) is 3.08. The van der Waals surface area contributed by atoms with E-state index in [1.54, 1.807) is 14.2 Å². The number of hydrogen-bond donors (Lipinski definition) is 2.